The number of hydrogen-bond donors (Lipinski definition) is 3. The Balaban J connectivity index is 1.77. The highest BCUT2D eigenvalue weighted by molar-refractivity contribution is 7.91. The minimum atomic E-state index is -2.84. The number of thiophene rings is 1. The van der Waals surface area contributed by atoms with E-state index in [1.165, 1.54) is 11.3 Å². The summed E-state index contributed by atoms with van der Waals surface area (Å²) in [6, 6.07) is 3.56. The first-order valence-corrected chi connectivity index (χ1v) is 11.3. The third-order valence-corrected chi connectivity index (χ3v) is 6.79. The van der Waals surface area contributed by atoms with Gasteiger partial charge in [-0.15, -0.1) is 11.3 Å². The van der Waals surface area contributed by atoms with E-state index in [-0.39, 0.29) is 18.1 Å². The topological polar surface area (TPSA) is 94.0 Å². The molecule has 0 amide bonds. The molecule has 0 aromatic carbocycles. The molecule has 1 aromatic heterocycles. The van der Waals surface area contributed by atoms with Crippen LogP contribution in [-0.4, -0.2) is 75.2 Å². The van der Waals surface area contributed by atoms with Crippen LogP contribution in [0.1, 0.15) is 17.9 Å². The fourth-order valence-electron chi connectivity index (χ4n) is 2.42. The zero-order valence-electron chi connectivity index (χ0n) is 14.2. The third-order valence-electron chi connectivity index (χ3n) is 3.85. The van der Waals surface area contributed by atoms with Crippen LogP contribution in [-0.2, 0) is 9.84 Å². The number of aliphatic hydroxyl groups is 1. The Morgan fingerprint density at radius 3 is 2.72 bits per heavy atom. The van der Waals surface area contributed by atoms with Gasteiger partial charge in [0.2, 0.25) is 0 Å². The minimum absolute atomic E-state index is 0.233. The van der Waals surface area contributed by atoms with Crippen molar-refractivity contribution in [2.75, 3.05) is 50.8 Å². The summed E-state index contributed by atoms with van der Waals surface area (Å²) >= 11 is 7.23. The third kappa shape index (κ3) is 7.10. The second-order valence-corrected chi connectivity index (χ2v) is 9.85. The Kier molecular flexibility index (Phi) is 7.95. The number of halogens is 1. The van der Waals surface area contributed by atoms with E-state index in [1.54, 1.807) is 12.1 Å². The predicted molar refractivity (Wildman–Crippen MR) is 103 cm³/mol. The van der Waals surface area contributed by atoms with Crippen LogP contribution in [0, 0.1) is 0 Å². The van der Waals surface area contributed by atoms with Crippen molar-refractivity contribution in [2.24, 2.45) is 4.99 Å². The molecule has 25 heavy (non-hydrogen) atoms. The normalized spacial score (nSPS) is 19.6. The van der Waals surface area contributed by atoms with Crippen LogP contribution >= 0.6 is 22.9 Å². The van der Waals surface area contributed by atoms with Crippen molar-refractivity contribution in [3.8, 4) is 0 Å². The number of hydrogen-bond acceptors (Lipinski definition) is 6. The van der Waals surface area contributed by atoms with E-state index < -0.39 is 15.9 Å². The zero-order chi connectivity index (χ0) is 18.3. The first-order chi connectivity index (χ1) is 11.9. The summed E-state index contributed by atoms with van der Waals surface area (Å²) in [5.74, 6) is 1.10. The monoisotopic (exact) mass is 408 g/mol. The number of nitrogens with zero attached hydrogens (tertiary/aromatic N) is 2. The van der Waals surface area contributed by atoms with Gasteiger partial charge in [-0.3, -0.25) is 9.89 Å². The van der Waals surface area contributed by atoms with Gasteiger partial charge in [0.15, 0.2) is 15.8 Å². The van der Waals surface area contributed by atoms with E-state index in [0.29, 0.717) is 36.5 Å². The lowest BCUT2D eigenvalue weighted by Gasteiger charge is -2.26. The van der Waals surface area contributed by atoms with Crippen molar-refractivity contribution in [3.05, 3.63) is 21.3 Å². The van der Waals surface area contributed by atoms with Gasteiger partial charge in [-0.05, 0) is 19.1 Å². The first kappa shape index (κ1) is 20.4. The molecular weight excluding hydrogens is 384 g/mol. The highest BCUT2D eigenvalue weighted by Gasteiger charge is 2.21. The molecule has 0 aliphatic carbocycles. The molecule has 1 atom stereocenters. The molecular formula is C15H25ClN4O3S2. The van der Waals surface area contributed by atoms with Crippen LogP contribution in [0.25, 0.3) is 0 Å². The number of guanidine groups is 1. The van der Waals surface area contributed by atoms with E-state index in [0.717, 1.165) is 11.4 Å². The maximum Gasteiger partial charge on any atom is 0.191 e. The predicted octanol–water partition coefficient (Wildman–Crippen LogP) is 0.720. The first-order valence-electron chi connectivity index (χ1n) is 8.28. The van der Waals surface area contributed by atoms with E-state index >= 15 is 0 Å². The smallest absolute Gasteiger partial charge is 0.191 e. The quantitative estimate of drug-likeness (QED) is 0.454. The van der Waals surface area contributed by atoms with Crippen molar-refractivity contribution in [3.63, 3.8) is 0 Å². The Hall–Kier alpha value is -0.870. The summed E-state index contributed by atoms with van der Waals surface area (Å²) in [4.78, 5) is 7.31. The molecule has 1 unspecified atom stereocenters. The molecule has 0 radical (unpaired) electrons. The van der Waals surface area contributed by atoms with Gasteiger partial charge in [0, 0.05) is 37.6 Å². The van der Waals surface area contributed by atoms with Crippen molar-refractivity contribution in [2.45, 2.75) is 13.0 Å². The van der Waals surface area contributed by atoms with Crippen molar-refractivity contribution < 1.29 is 13.5 Å². The fraction of sp³-hybridized carbons (Fsp3) is 0.667. The molecule has 0 saturated carbocycles. The molecule has 3 N–H and O–H groups in total. The average molecular weight is 409 g/mol. The second kappa shape index (κ2) is 9.72. The Labute approximate surface area is 158 Å². The largest absolute Gasteiger partial charge is 0.386 e. The Morgan fingerprint density at radius 2 is 2.12 bits per heavy atom. The summed E-state index contributed by atoms with van der Waals surface area (Å²) in [6.07, 6.45) is -0.680. The van der Waals surface area contributed by atoms with Crippen LogP contribution in [0.5, 0.6) is 0 Å². The van der Waals surface area contributed by atoms with E-state index in [4.69, 9.17) is 11.6 Å². The number of rotatable bonds is 7. The summed E-state index contributed by atoms with van der Waals surface area (Å²) in [5, 5.41) is 16.5. The van der Waals surface area contributed by atoms with Gasteiger partial charge >= 0.3 is 0 Å². The molecule has 1 aliphatic heterocycles. The van der Waals surface area contributed by atoms with Gasteiger partial charge in [0.25, 0.3) is 0 Å². The van der Waals surface area contributed by atoms with Crippen LogP contribution < -0.4 is 10.6 Å². The molecule has 1 aliphatic rings. The van der Waals surface area contributed by atoms with Crippen LogP contribution in [0.2, 0.25) is 4.34 Å². The highest BCUT2D eigenvalue weighted by atomic mass is 35.5. The van der Waals surface area contributed by atoms with E-state index in [9.17, 15) is 13.5 Å². The lowest BCUT2D eigenvalue weighted by molar-refractivity contribution is 0.191. The van der Waals surface area contributed by atoms with Crippen LogP contribution in [0.4, 0.5) is 0 Å². The van der Waals surface area contributed by atoms with E-state index in [2.05, 4.69) is 20.5 Å². The van der Waals surface area contributed by atoms with Crippen molar-refractivity contribution in [1.29, 1.82) is 0 Å². The molecule has 0 bridgehead atoms. The van der Waals surface area contributed by atoms with Crippen LogP contribution in [0.3, 0.4) is 0 Å². The number of sulfone groups is 1. The maximum absolute atomic E-state index is 11.4. The molecule has 1 saturated heterocycles. The summed E-state index contributed by atoms with van der Waals surface area (Å²) in [5.41, 5.74) is 0. The molecule has 2 heterocycles. The standard InChI is InChI=1S/C15H25ClN4O3S2/c1-2-17-15(19-11-12(21)13-3-4-14(16)24-13)18-5-6-20-7-9-25(22,23)10-8-20/h3-4,12,21H,2,5-11H2,1H3,(H2,17,18,19). The lowest BCUT2D eigenvalue weighted by atomic mass is 10.3. The molecule has 0 spiro atoms. The minimum Gasteiger partial charge on any atom is -0.386 e. The van der Waals surface area contributed by atoms with Gasteiger partial charge in [-0.25, -0.2) is 8.42 Å². The second-order valence-electron chi connectivity index (χ2n) is 5.80. The van der Waals surface area contributed by atoms with Gasteiger partial charge < -0.3 is 15.7 Å². The van der Waals surface area contributed by atoms with Crippen molar-refractivity contribution in [1.82, 2.24) is 15.5 Å². The summed E-state index contributed by atoms with van der Waals surface area (Å²) in [6.45, 7) is 5.51. The SMILES string of the molecule is CCNC(=NCC(O)c1ccc(Cl)s1)NCCN1CCS(=O)(=O)CC1. The van der Waals surface area contributed by atoms with Gasteiger partial charge in [0.05, 0.1) is 22.4 Å². The lowest BCUT2D eigenvalue weighted by Crippen LogP contribution is -2.46. The van der Waals surface area contributed by atoms with Crippen molar-refractivity contribution >= 4 is 38.7 Å². The highest BCUT2D eigenvalue weighted by Crippen LogP contribution is 2.26. The molecule has 10 heteroatoms. The summed E-state index contributed by atoms with van der Waals surface area (Å²) in [7, 11) is -2.84. The fourth-order valence-corrected chi connectivity index (χ4v) is 4.74. The Morgan fingerprint density at radius 1 is 1.40 bits per heavy atom. The molecule has 142 valence electrons. The van der Waals surface area contributed by atoms with Gasteiger partial charge in [-0.1, -0.05) is 11.6 Å². The van der Waals surface area contributed by atoms with E-state index in [1.807, 2.05) is 6.92 Å². The number of aliphatic hydroxyl groups excluding tert-OH is 1. The average Bonchev–Trinajstić information content (AvgIpc) is 3.00. The number of nitrogens with one attached hydrogen (secondary N) is 2. The maximum atomic E-state index is 11.4. The molecule has 2 rings (SSSR count). The summed E-state index contributed by atoms with van der Waals surface area (Å²) < 4.78 is 23.5. The number of aliphatic imine (C=N–C) groups is 1. The zero-order valence-corrected chi connectivity index (χ0v) is 16.6. The molecule has 1 fully saturated rings. The van der Waals surface area contributed by atoms with Crippen LogP contribution in [0.15, 0.2) is 17.1 Å². The Bertz CT molecular complexity index is 664. The van der Waals surface area contributed by atoms with Gasteiger partial charge in [-0.2, -0.15) is 0 Å². The van der Waals surface area contributed by atoms with Gasteiger partial charge in [0.1, 0.15) is 6.10 Å². The molecule has 1 aromatic rings. The molecule has 7 nitrogen and oxygen atoms in total.